The maximum atomic E-state index is 9.99. The number of aliphatic hydroxyl groups excluding tert-OH is 1. The van der Waals surface area contributed by atoms with Crippen LogP contribution in [-0.2, 0) is 4.74 Å². The normalized spacial score (nSPS) is 28.1. The monoisotopic (exact) mass is 305 g/mol. The Morgan fingerprint density at radius 2 is 2.20 bits per heavy atom. The van der Waals surface area contributed by atoms with Crippen LogP contribution >= 0.6 is 11.8 Å². The second-order valence-electron chi connectivity index (χ2n) is 6.44. The molecule has 120 valence electrons. The van der Waals surface area contributed by atoms with Crippen LogP contribution in [0.4, 0.5) is 0 Å². The van der Waals surface area contributed by atoms with Gasteiger partial charge in [-0.25, -0.2) is 0 Å². The molecule has 0 spiro atoms. The first-order valence-electron chi connectivity index (χ1n) is 7.64. The van der Waals surface area contributed by atoms with Crippen LogP contribution in [0, 0.1) is 5.92 Å². The fourth-order valence-electron chi connectivity index (χ4n) is 2.71. The average Bonchev–Trinajstić information content (AvgIpc) is 2.36. The van der Waals surface area contributed by atoms with Crippen LogP contribution in [0.3, 0.4) is 0 Å². The average molecular weight is 305 g/mol. The zero-order valence-electron chi connectivity index (χ0n) is 13.1. The molecule has 1 aliphatic rings. The van der Waals surface area contributed by atoms with E-state index in [0.717, 1.165) is 18.8 Å². The maximum Gasteiger partial charge on any atom is 0.0897 e. The molecule has 0 aromatic carbocycles. The van der Waals surface area contributed by atoms with Gasteiger partial charge < -0.3 is 20.3 Å². The van der Waals surface area contributed by atoms with Crippen molar-refractivity contribution >= 4 is 11.8 Å². The zero-order valence-corrected chi connectivity index (χ0v) is 13.9. The first kappa shape index (κ1) is 18.2. The number of hydrogen-bond acceptors (Lipinski definition) is 5. The molecule has 5 heteroatoms. The Kier molecular flexibility index (Phi) is 8.44. The van der Waals surface area contributed by atoms with Crippen LogP contribution in [-0.4, -0.2) is 59.7 Å². The smallest absolute Gasteiger partial charge is 0.0897 e. The minimum absolute atomic E-state index is 0.313. The second kappa shape index (κ2) is 9.26. The van der Waals surface area contributed by atoms with Crippen molar-refractivity contribution in [3.05, 3.63) is 0 Å². The van der Waals surface area contributed by atoms with Gasteiger partial charge in [-0.3, -0.25) is 0 Å². The molecule has 0 saturated heterocycles. The number of nitrogens with one attached hydrogen (secondary N) is 1. The van der Waals surface area contributed by atoms with Crippen LogP contribution in [0.2, 0.25) is 0 Å². The molecule has 4 atom stereocenters. The van der Waals surface area contributed by atoms with Crippen molar-refractivity contribution in [1.82, 2.24) is 5.32 Å². The van der Waals surface area contributed by atoms with Crippen LogP contribution in [0.1, 0.15) is 39.5 Å². The van der Waals surface area contributed by atoms with Gasteiger partial charge in [-0.1, -0.05) is 19.8 Å². The van der Waals surface area contributed by atoms with E-state index in [1.54, 1.807) is 11.8 Å². The molecule has 1 fully saturated rings. The summed E-state index contributed by atoms with van der Waals surface area (Å²) in [5.74, 6) is 1.43. The zero-order chi connectivity index (χ0) is 15.0. The number of ether oxygens (including phenoxy) is 1. The first-order chi connectivity index (χ1) is 9.43. The number of hydrogen-bond donors (Lipinski definition) is 3. The minimum atomic E-state index is -0.723. The number of rotatable bonds is 9. The highest BCUT2D eigenvalue weighted by molar-refractivity contribution is 7.98. The maximum absolute atomic E-state index is 9.99. The summed E-state index contributed by atoms with van der Waals surface area (Å²) in [4.78, 5) is 0. The molecule has 0 aromatic rings. The molecule has 0 aliphatic heterocycles. The minimum Gasteiger partial charge on any atom is -0.389 e. The molecule has 1 rings (SSSR count). The van der Waals surface area contributed by atoms with Crippen molar-refractivity contribution in [3.63, 3.8) is 0 Å². The standard InChI is InChI=1S/C15H31NO3S/c1-12-5-4-6-14(7-12)19-9-13(17)8-16-10-15(2,18)11-20-3/h12-14,16-18H,4-11H2,1-3H3. The lowest BCUT2D eigenvalue weighted by Crippen LogP contribution is -2.43. The Morgan fingerprint density at radius 3 is 2.85 bits per heavy atom. The van der Waals surface area contributed by atoms with E-state index in [2.05, 4.69) is 12.2 Å². The summed E-state index contributed by atoms with van der Waals surface area (Å²) in [6.07, 6.45) is 6.55. The van der Waals surface area contributed by atoms with Crippen LogP contribution in [0.15, 0.2) is 0 Å². The van der Waals surface area contributed by atoms with Gasteiger partial charge in [-0.05, 0) is 31.9 Å². The van der Waals surface area contributed by atoms with E-state index in [0.29, 0.717) is 31.6 Å². The summed E-state index contributed by atoms with van der Waals surface area (Å²) >= 11 is 1.62. The van der Waals surface area contributed by atoms with Crippen molar-refractivity contribution in [1.29, 1.82) is 0 Å². The summed E-state index contributed by atoms with van der Waals surface area (Å²) in [5.41, 5.74) is -0.723. The third-order valence-electron chi connectivity index (χ3n) is 3.75. The number of thioether (sulfide) groups is 1. The summed E-state index contributed by atoms with van der Waals surface area (Å²) in [5, 5.41) is 23.0. The summed E-state index contributed by atoms with van der Waals surface area (Å²) < 4.78 is 5.79. The van der Waals surface area contributed by atoms with Crippen molar-refractivity contribution in [2.24, 2.45) is 5.92 Å². The summed E-state index contributed by atoms with van der Waals surface area (Å²) in [6, 6.07) is 0. The molecule has 4 nitrogen and oxygen atoms in total. The molecule has 0 amide bonds. The topological polar surface area (TPSA) is 61.7 Å². The number of aliphatic hydroxyl groups is 2. The van der Waals surface area contributed by atoms with Gasteiger partial charge in [0, 0.05) is 18.8 Å². The van der Waals surface area contributed by atoms with Gasteiger partial charge in [-0.15, -0.1) is 0 Å². The Labute approximate surface area is 127 Å². The predicted octanol–water partition coefficient (Wildman–Crippen LogP) is 1.65. The largest absolute Gasteiger partial charge is 0.389 e. The SMILES string of the molecule is CSCC(C)(O)CNCC(O)COC1CCCC(C)C1. The van der Waals surface area contributed by atoms with Crippen LogP contribution < -0.4 is 5.32 Å². The van der Waals surface area contributed by atoms with E-state index in [9.17, 15) is 10.2 Å². The van der Waals surface area contributed by atoms with Crippen molar-refractivity contribution in [2.45, 2.75) is 57.3 Å². The molecule has 0 radical (unpaired) electrons. The van der Waals surface area contributed by atoms with Gasteiger partial charge in [0.1, 0.15) is 0 Å². The van der Waals surface area contributed by atoms with Gasteiger partial charge in [0.2, 0.25) is 0 Å². The van der Waals surface area contributed by atoms with E-state index < -0.39 is 11.7 Å². The highest BCUT2D eigenvalue weighted by Gasteiger charge is 2.21. The summed E-state index contributed by atoms with van der Waals surface area (Å²) in [6.45, 7) is 5.41. The van der Waals surface area contributed by atoms with E-state index in [-0.39, 0.29) is 0 Å². The molecule has 0 bridgehead atoms. The van der Waals surface area contributed by atoms with Gasteiger partial charge >= 0.3 is 0 Å². The lowest BCUT2D eigenvalue weighted by molar-refractivity contribution is -0.0318. The molecule has 20 heavy (non-hydrogen) atoms. The van der Waals surface area contributed by atoms with Gasteiger partial charge in [0.25, 0.3) is 0 Å². The Hall–Kier alpha value is 0.190. The molecule has 4 unspecified atom stereocenters. The molecule has 1 aliphatic carbocycles. The molecular formula is C15H31NO3S. The molecule has 1 saturated carbocycles. The third kappa shape index (κ3) is 7.84. The highest BCUT2D eigenvalue weighted by Crippen LogP contribution is 2.25. The third-order valence-corrected chi connectivity index (χ3v) is 4.66. The fourth-order valence-corrected chi connectivity index (χ4v) is 3.43. The molecule has 0 heterocycles. The molecule has 3 N–H and O–H groups in total. The second-order valence-corrected chi connectivity index (χ2v) is 7.31. The fraction of sp³-hybridized carbons (Fsp3) is 1.00. The van der Waals surface area contributed by atoms with Crippen molar-refractivity contribution < 1.29 is 14.9 Å². The lowest BCUT2D eigenvalue weighted by atomic mass is 9.89. The Bertz CT molecular complexity index is 264. The molecular weight excluding hydrogens is 274 g/mol. The van der Waals surface area contributed by atoms with E-state index in [1.807, 2.05) is 13.2 Å². The van der Waals surface area contributed by atoms with E-state index >= 15 is 0 Å². The lowest BCUT2D eigenvalue weighted by Gasteiger charge is -2.28. The van der Waals surface area contributed by atoms with Crippen LogP contribution in [0.5, 0.6) is 0 Å². The van der Waals surface area contributed by atoms with Gasteiger partial charge in [0.05, 0.1) is 24.4 Å². The highest BCUT2D eigenvalue weighted by atomic mass is 32.2. The Morgan fingerprint density at radius 1 is 1.45 bits per heavy atom. The predicted molar refractivity (Wildman–Crippen MR) is 85.3 cm³/mol. The van der Waals surface area contributed by atoms with E-state index in [1.165, 1.54) is 12.8 Å². The van der Waals surface area contributed by atoms with Crippen molar-refractivity contribution in [3.8, 4) is 0 Å². The molecule has 0 aromatic heterocycles. The van der Waals surface area contributed by atoms with Crippen molar-refractivity contribution in [2.75, 3.05) is 31.7 Å². The van der Waals surface area contributed by atoms with Gasteiger partial charge in [0.15, 0.2) is 0 Å². The van der Waals surface area contributed by atoms with E-state index in [4.69, 9.17) is 4.74 Å². The Balaban J connectivity index is 2.09. The first-order valence-corrected chi connectivity index (χ1v) is 9.04. The van der Waals surface area contributed by atoms with Crippen LogP contribution in [0.25, 0.3) is 0 Å². The van der Waals surface area contributed by atoms with Gasteiger partial charge in [-0.2, -0.15) is 11.8 Å². The summed E-state index contributed by atoms with van der Waals surface area (Å²) in [7, 11) is 0. The quantitative estimate of drug-likeness (QED) is 0.604.